The second-order valence-corrected chi connectivity index (χ2v) is 13.0. The van der Waals surface area contributed by atoms with Crippen LogP contribution < -0.4 is 31.1 Å². The number of rotatable bonds is 16. The quantitative estimate of drug-likeness (QED) is 0.0888. The Morgan fingerprint density at radius 2 is 1.54 bits per heavy atom. The molecule has 0 aromatic heterocycles. The molecular formula is C33H50IO3-. The van der Waals surface area contributed by atoms with E-state index in [1.54, 1.807) is 0 Å². The number of unbranched alkanes of at least 4 members (excludes halogenated alkanes) is 1. The summed E-state index contributed by atoms with van der Waals surface area (Å²) in [5.41, 5.74) is 2.87. The van der Waals surface area contributed by atoms with Crippen molar-refractivity contribution in [3.8, 4) is 11.5 Å². The van der Waals surface area contributed by atoms with Crippen LogP contribution in [0.3, 0.4) is 0 Å². The summed E-state index contributed by atoms with van der Waals surface area (Å²) in [6.07, 6.45) is 12.4. The fourth-order valence-corrected chi connectivity index (χ4v) is 6.94. The van der Waals surface area contributed by atoms with Crippen molar-refractivity contribution in [3.05, 3.63) is 59.7 Å². The normalized spacial score (nSPS) is 17.0. The van der Waals surface area contributed by atoms with Crippen LogP contribution in [0.25, 0.3) is 0 Å². The van der Waals surface area contributed by atoms with Gasteiger partial charge >= 0.3 is 239 Å². The van der Waals surface area contributed by atoms with Crippen LogP contribution >= 0.6 is 0 Å². The molecule has 208 valence electrons. The molecule has 1 aliphatic carbocycles. The van der Waals surface area contributed by atoms with E-state index in [1.807, 2.05) is 0 Å². The maximum atomic E-state index is 6.38. The van der Waals surface area contributed by atoms with Crippen LogP contribution in [-0.2, 0) is 3.07 Å². The van der Waals surface area contributed by atoms with Crippen molar-refractivity contribution in [2.24, 2.45) is 11.8 Å². The fourth-order valence-electron chi connectivity index (χ4n) is 5.59. The predicted octanol–water partition coefficient (Wildman–Crippen LogP) is 6.86. The van der Waals surface area contributed by atoms with E-state index in [0.29, 0.717) is 22.4 Å². The van der Waals surface area contributed by atoms with E-state index < -0.39 is 21.6 Å². The summed E-state index contributed by atoms with van der Waals surface area (Å²) in [5, 5.41) is 0. The van der Waals surface area contributed by atoms with Gasteiger partial charge in [0.15, 0.2) is 0 Å². The van der Waals surface area contributed by atoms with Gasteiger partial charge in [-0.2, -0.15) is 0 Å². The first-order chi connectivity index (χ1) is 18.0. The van der Waals surface area contributed by atoms with Crippen molar-refractivity contribution in [2.45, 2.75) is 117 Å². The van der Waals surface area contributed by atoms with Crippen LogP contribution in [0.2, 0.25) is 0 Å². The molecule has 0 bridgehead atoms. The predicted molar refractivity (Wildman–Crippen MR) is 151 cm³/mol. The van der Waals surface area contributed by atoms with Crippen LogP contribution in [0.15, 0.2) is 48.5 Å². The van der Waals surface area contributed by atoms with Gasteiger partial charge in [-0.3, -0.25) is 0 Å². The van der Waals surface area contributed by atoms with Gasteiger partial charge in [-0.05, 0) is 0 Å². The molecule has 0 heterocycles. The molecule has 3 rings (SSSR count). The Hall–Kier alpha value is -1.27. The minimum absolute atomic E-state index is 0.213. The Labute approximate surface area is 237 Å². The Kier molecular flexibility index (Phi) is 13.6. The molecule has 37 heavy (non-hydrogen) atoms. The van der Waals surface area contributed by atoms with E-state index in [-0.39, 0.29) is 6.29 Å². The SMILES string of the molecule is CCCCC(C)CC(O[I-]COc1ccc(C2CCCCC2)cc1)Oc1ccc(C(CC)C(C)C)cc1. The zero-order valence-corrected chi connectivity index (χ0v) is 26.0. The van der Waals surface area contributed by atoms with E-state index in [2.05, 4.69) is 83.1 Å². The maximum absolute atomic E-state index is 6.38. The number of alkyl halides is 1. The summed E-state index contributed by atoms with van der Waals surface area (Å²) >= 11 is -0.582. The number of hydrogen-bond acceptors (Lipinski definition) is 3. The van der Waals surface area contributed by atoms with Gasteiger partial charge in [0, 0.05) is 0 Å². The minimum atomic E-state index is -0.582. The Bertz CT molecular complexity index is 858. The van der Waals surface area contributed by atoms with Gasteiger partial charge in [0.2, 0.25) is 0 Å². The van der Waals surface area contributed by atoms with Crippen LogP contribution in [0.5, 0.6) is 11.5 Å². The monoisotopic (exact) mass is 621 g/mol. The first kappa shape index (κ1) is 30.3. The Morgan fingerprint density at radius 3 is 2.16 bits per heavy atom. The average Bonchev–Trinajstić information content (AvgIpc) is 2.92. The molecule has 1 saturated carbocycles. The van der Waals surface area contributed by atoms with Crippen LogP contribution in [0.1, 0.15) is 122 Å². The standard InChI is InChI=1S/C33H50IO3/c1-6-8-12-26(5)23-33(36-31-21-17-29(18-22-31)32(7-2)25(3)4)37-34-24-35-30-19-15-28(16-20-30)27-13-10-9-11-14-27/h15-22,25-27,32-33H,6-14,23-24H2,1-5H3/q-1. The molecule has 1 fully saturated rings. The summed E-state index contributed by atoms with van der Waals surface area (Å²) in [4.78, 5) is 0. The van der Waals surface area contributed by atoms with Gasteiger partial charge in [-0.1, -0.05) is 0 Å². The van der Waals surface area contributed by atoms with Crippen molar-refractivity contribution in [1.82, 2.24) is 0 Å². The third kappa shape index (κ3) is 10.4. The number of ether oxygens (including phenoxy) is 2. The molecule has 2 aromatic rings. The number of hydrogen-bond donors (Lipinski definition) is 0. The van der Waals surface area contributed by atoms with E-state index in [0.717, 1.165) is 30.3 Å². The van der Waals surface area contributed by atoms with Crippen LogP contribution in [-0.4, -0.2) is 10.9 Å². The van der Waals surface area contributed by atoms with Crippen molar-refractivity contribution >= 4 is 0 Å². The van der Waals surface area contributed by atoms with Crippen molar-refractivity contribution in [1.29, 1.82) is 0 Å². The third-order valence-electron chi connectivity index (χ3n) is 7.85. The van der Waals surface area contributed by atoms with Crippen molar-refractivity contribution in [2.75, 3.05) is 4.61 Å². The molecule has 3 unspecified atom stereocenters. The summed E-state index contributed by atoms with van der Waals surface area (Å²) < 4.78 is 19.4. The summed E-state index contributed by atoms with van der Waals surface area (Å²) in [6.45, 7) is 11.4. The number of halogens is 1. The van der Waals surface area contributed by atoms with E-state index >= 15 is 0 Å². The summed E-state index contributed by atoms with van der Waals surface area (Å²) in [5.74, 6) is 4.39. The zero-order chi connectivity index (χ0) is 26.5. The molecule has 0 N–H and O–H groups in total. The molecule has 2 aromatic carbocycles. The fraction of sp³-hybridized carbons (Fsp3) is 0.636. The molecule has 3 atom stereocenters. The van der Waals surface area contributed by atoms with Gasteiger partial charge in [0.25, 0.3) is 0 Å². The first-order valence-electron chi connectivity index (χ1n) is 14.7. The van der Waals surface area contributed by atoms with E-state index in [4.69, 9.17) is 12.5 Å². The van der Waals surface area contributed by atoms with Gasteiger partial charge in [0.05, 0.1) is 0 Å². The molecular weight excluding hydrogens is 571 g/mol. The molecule has 0 amide bonds. The molecule has 4 heteroatoms. The second kappa shape index (κ2) is 16.6. The van der Waals surface area contributed by atoms with Gasteiger partial charge in [-0.15, -0.1) is 0 Å². The van der Waals surface area contributed by atoms with E-state index in [1.165, 1.54) is 62.5 Å². The van der Waals surface area contributed by atoms with E-state index in [9.17, 15) is 0 Å². The zero-order valence-electron chi connectivity index (χ0n) is 23.9. The van der Waals surface area contributed by atoms with Gasteiger partial charge in [-0.25, -0.2) is 0 Å². The number of benzene rings is 2. The molecule has 0 spiro atoms. The molecule has 0 radical (unpaired) electrons. The van der Waals surface area contributed by atoms with Crippen LogP contribution in [0, 0.1) is 11.8 Å². The third-order valence-corrected chi connectivity index (χ3v) is 9.34. The summed E-state index contributed by atoms with van der Waals surface area (Å²) in [6, 6.07) is 17.5. The molecule has 0 saturated heterocycles. The van der Waals surface area contributed by atoms with Crippen molar-refractivity contribution in [3.63, 3.8) is 0 Å². The van der Waals surface area contributed by atoms with Crippen LogP contribution in [0.4, 0.5) is 0 Å². The Balaban J connectivity index is 1.51. The van der Waals surface area contributed by atoms with Gasteiger partial charge < -0.3 is 0 Å². The molecule has 3 nitrogen and oxygen atoms in total. The second-order valence-electron chi connectivity index (χ2n) is 11.2. The van der Waals surface area contributed by atoms with Gasteiger partial charge in [0.1, 0.15) is 0 Å². The first-order valence-corrected chi connectivity index (χ1v) is 17.1. The Morgan fingerprint density at radius 1 is 0.865 bits per heavy atom. The molecule has 0 aliphatic heterocycles. The topological polar surface area (TPSA) is 27.7 Å². The summed E-state index contributed by atoms with van der Waals surface area (Å²) in [7, 11) is 0. The molecule has 1 aliphatic rings. The van der Waals surface area contributed by atoms with Crippen molar-refractivity contribution < 1.29 is 34.2 Å². The average molecular weight is 622 g/mol.